The van der Waals surface area contributed by atoms with E-state index < -0.39 is 19.7 Å². The number of rotatable bonds is 8. The molecule has 0 saturated heterocycles. The number of hydrogen-bond acceptors (Lipinski definition) is 5. The second kappa shape index (κ2) is 8.21. The molecule has 0 aromatic heterocycles. The smallest absolute Gasteiger partial charge is 0.316 e. The second-order valence-electron chi connectivity index (χ2n) is 7.84. The van der Waals surface area contributed by atoms with Gasteiger partial charge in [0.2, 0.25) is 8.32 Å². The highest BCUT2D eigenvalue weighted by Crippen LogP contribution is 2.55. The van der Waals surface area contributed by atoms with Crippen molar-refractivity contribution < 1.29 is 23.5 Å². The monoisotopic (exact) mass is 368 g/mol. The van der Waals surface area contributed by atoms with Crippen LogP contribution < -0.4 is 0 Å². The molecule has 0 radical (unpaired) electrons. The molecule has 6 heteroatoms. The third kappa shape index (κ3) is 5.20. The van der Waals surface area contributed by atoms with Crippen LogP contribution in [0.1, 0.15) is 41.0 Å². The van der Waals surface area contributed by atoms with Gasteiger partial charge in [0.15, 0.2) is 0 Å². The van der Waals surface area contributed by atoms with Crippen LogP contribution in [0.5, 0.6) is 0 Å². The molecule has 0 N–H and O–H groups in total. The maximum absolute atomic E-state index is 12.3. The zero-order valence-electron chi connectivity index (χ0n) is 16.5. The van der Waals surface area contributed by atoms with E-state index in [4.69, 9.17) is 13.9 Å². The highest BCUT2D eigenvalue weighted by atomic mass is 28.4. The van der Waals surface area contributed by atoms with E-state index in [0.29, 0.717) is 13.0 Å². The molecular weight excluding hydrogens is 336 g/mol. The van der Waals surface area contributed by atoms with Crippen molar-refractivity contribution in [1.29, 1.82) is 0 Å². The van der Waals surface area contributed by atoms with Crippen molar-refractivity contribution >= 4 is 20.3 Å². The highest BCUT2D eigenvalue weighted by molar-refractivity contribution is 6.74. The van der Waals surface area contributed by atoms with E-state index in [0.717, 1.165) is 0 Å². The molecule has 1 rings (SSSR count). The molecule has 0 bridgehead atoms. The number of esters is 2. The molecule has 1 aliphatic carbocycles. The minimum Gasteiger partial charge on any atom is -0.549 e. The molecule has 2 atom stereocenters. The van der Waals surface area contributed by atoms with Crippen LogP contribution in [0.15, 0.2) is 24.5 Å². The average molecular weight is 369 g/mol. The lowest BCUT2D eigenvalue weighted by molar-refractivity contribution is -0.153. The second-order valence-corrected chi connectivity index (χ2v) is 12.6. The number of carbonyl (C=O) groups is 2. The van der Waals surface area contributed by atoms with Gasteiger partial charge in [-0.2, -0.15) is 0 Å². The molecule has 25 heavy (non-hydrogen) atoms. The first kappa shape index (κ1) is 21.5. The highest BCUT2D eigenvalue weighted by Gasteiger charge is 2.64. The van der Waals surface area contributed by atoms with Crippen LogP contribution in [0.4, 0.5) is 0 Å². The number of hydrogen-bond donors (Lipinski definition) is 0. The quantitative estimate of drug-likeness (QED) is 0.278. The molecule has 0 heterocycles. The summed E-state index contributed by atoms with van der Waals surface area (Å²) in [7, 11) is -1.85. The Labute approximate surface area is 152 Å². The Morgan fingerprint density at radius 3 is 2.24 bits per heavy atom. The van der Waals surface area contributed by atoms with Crippen LogP contribution in [0.3, 0.4) is 0 Å². The van der Waals surface area contributed by atoms with Gasteiger partial charge >= 0.3 is 11.9 Å². The SMILES string of the molecule is CCOC(=O)[C@@H]1C[C@@]1(/C=C\C=C\O[Si](C)(C)C(C)(C)C)C(=O)OCC. The molecule has 0 amide bonds. The Hall–Kier alpha value is -1.56. The van der Waals surface area contributed by atoms with Crippen molar-refractivity contribution in [3.05, 3.63) is 24.5 Å². The maximum Gasteiger partial charge on any atom is 0.316 e. The van der Waals surface area contributed by atoms with Gasteiger partial charge in [-0.1, -0.05) is 32.9 Å². The molecule has 1 aliphatic rings. The lowest BCUT2D eigenvalue weighted by atomic mass is 10.0. The summed E-state index contributed by atoms with van der Waals surface area (Å²) < 4.78 is 16.1. The Morgan fingerprint density at radius 1 is 1.12 bits per heavy atom. The summed E-state index contributed by atoms with van der Waals surface area (Å²) in [5.74, 6) is -1.18. The van der Waals surface area contributed by atoms with E-state index in [2.05, 4.69) is 33.9 Å². The lowest BCUT2D eigenvalue weighted by Crippen LogP contribution is -2.39. The summed E-state index contributed by atoms with van der Waals surface area (Å²) in [5.41, 5.74) is -0.899. The van der Waals surface area contributed by atoms with Gasteiger partial charge in [-0.15, -0.1) is 0 Å². The first-order valence-corrected chi connectivity index (χ1v) is 11.8. The molecule has 1 fully saturated rings. The van der Waals surface area contributed by atoms with E-state index in [1.54, 1.807) is 38.3 Å². The van der Waals surface area contributed by atoms with Gasteiger partial charge in [0, 0.05) is 0 Å². The van der Waals surface area contributed by atoms with Crippen molar-refractivity contribution in [2.45, 2.75) is 59.2 Å². The largest absolute Gasteiger partial charge is 0.549 e. The van der Waals surface area contributed by atoms with E-state index >= 15 is 0 Å². The van der Waals surface area contributed by atoms with Crippen LogP contribution in [-0.2, 0) is 23.5 Å². The summed E-state index contributed by atoms with van der Waals surface area (Å²) in [6.45, 7) is 14.9. The van der Waals surface area contributed by atoms with Gasteiger partial charge in [-0.05, 0) is 44.5 Å². The number of ether oxygens (including phenoxy) is 2. The molecular formula is C19H32O5Si. The van der Waals surface area contributed by atoms with Gasteiger partial charge in [-0.3, -0.25) is 9.59 Å². The Morgan fingerprint density at radius 2 is 1.72 bits per heavy atom. The Kier molecular flexibility index (Phi) is 7.05. The standard InChI is InChI=1S/C19H32O5Si/c1-8-22-16(20)15-14-19(15,17(21)23-9-2)12-10-11-13-24-25(6,7)18(3,4)5/h10-13,15H,8-9,14H2,1-7H3/b12-10-,13-11+/t15-,19+/m0/s1. The van der Waals surface area contributed by atoms with Crippen molar-refractivity contribution in [2.75, 3.05) is 13.2 Å². The van der Waals surface area contributed by atoms with Gasteiger partial charge in [0.05, 0.1) is 25.4 Å². The van der Waals surface area contributed by atoms with E-state index in [1.807, 2.05) is 0 Å². The normalized spacial score (nSPS) is 23.7. The fourth-order valence-electron chi connectivity index (χ4n) is 2.22. The third-order valence-electron chi connectivity index (χ3n) is 4.98. The first-order valence-electron chi connectivity index (χ1n) is 8.88. The van der Waals surface area contributed by atoms with Gasteiger partial charge < -0.3 is 13.9 Å². The zero-order chi connectivity index (χ0) is 19.3. The molecule has 1 saturated carbocycles. The van der Waals surface area contributed by atoms with Crippen LogP contribution in [0.25, 0.3) is 0 Å². The molecule has 142 valence electrons. The minimum absolute atomic E-state index is 0.124. The number of allylic oxidation sites excluding steroid dienone is 2. The molecule has 0 aromatic carbocycles. The summed E-state index contributed by atoms with van der Waals surface area (Å²) in [5, 5.41) is 0.124. The lowest BCUT2D eigenvalue weighted by Gasteiger charge is -2.34. The van der Waals surface area contributed by atoms with Crippen molar-refractivity contribution in [1.82, 2.24) is 0 Å². The third-order valence-corrected chi connectivity index (χ3v) is 9.32. The molecule has 0 unspecified atom stereocenters. The van der Waals surface area contributed by atoms with Crippen molar-refractivity contribution in [3.8, 4) is 0 Å². The van der Waals surface area contributed by atoms with Crippen LogP contribution in [0.2, 0.25) is 18.1 Å². The molecule has 0 aromatic rings. The minimum atomic E-state index is -1.85. The van der Waals surface area contributed by atoms with Crippen LogP contribution >= 0.6 is 0 Å². The molecule has 5 nitrogen and oxygen atoms in total. The summed E-state index contributed by atoms with van der Waals surface area (Å²) in [6.07, 6.45) is 7.36. The summed E-state index contributed by atoms with van der Waals surface area (Å²) in [4.78, 5) is 24.2. The fraction of sp³-hybridized carbons (Fsp3) is 0.684. The van der Waals surface area contributed by atoms with Crippen molar-refractivity contribution in [3.63, 3.8) is 0 Å². The topological polar surface area (TPSA) is 61.8 Å². The fourth-order valence-corrected chi connectivity index (χ4v) is 2.99. The van der Waals surface area contributed by atoms with E-state index in [1.165, 1.54) is 0 Å². The maximum atomic E-state index is 12.3. The van der Waals surface area contributed by atoms with E-state index in [9.17, 15) is 9.59 Å². The zero-order valence-corrected chi connectivity index (χ0v) is 17.5. The van der Waals surface area contributed by atoms with Gasteiger partial charge in [-0.25, -0.2) is 0 Å². The summed E-state index contributed by atoms with van der Waals surface area (Å²) >= 11 is 0. The Balaban J connectivity index is 2.77. The van der Waals surface area contributed by atoms with Crippen LogP contribution in [0, 0.1) is 11.3 Å². The molecule has 0 spiro atoms. The average Bonchev–Trinajstić information content (AvgIpc) is 3.22. The predicted octanol–water partition coefficient (Wildman–Crippen LogP) is 4.21. The van der Waals surface area contributed by atoms with Gasteiger partial charge in [0.1, 0.15) is 5.41 Å². The number of carbonyl (C=O) groups excluding carboxylic acids is 2. The van der Waals surface area contributed by atoms with Gasteiger partial charge in [0.25, 0.3) is 0 Å². The summed E-state index contributed by atoms with van der Waals surface area (Å²) in [6, 6.07) is 0. The van der Waals surface area contributed by atoms with Crippen LogP contribution in [-0.4, -0.2) is 33.5 Å². The molecule has 0 aliphatic heterocycles. The van der Waals surface area contributed by atoms with E-state index in [-0.39, 0.29) is 23.6 Å². The van der Waals surface area contributed by atoms with Crippen molar-refractivity contribution in [2.24, 2.45) is 11.3 Å². The first-order chi connectivity index (χ1) is 11.5. The Bertz CT molecular complexity index is 545. The predicted molar refractivity (Wildman–Crippen MR) is 100 cm³/mol.